The quantitative estimate of drug-likeness (QED) is 0.922. The summed E-state index contributed by atoms with van der Waals surface area (Å²) in [6, 6.07) is 0. The van der Waals surface area contributed by atoms with E-state index in [9.17, 15) is 0 Å². The molecule has 3 rings (SSSR count). The number of hydrogen-bond donors (Lipinski definition) is 1. The molecule has 0 bridgehead atoms. The second kappa shape index (κ2) is 4.82. The fourth-order valence-corrected chi connectivity index (χ4v) is 3.64. The lowest BCUT2D eigenvalue weighted by Crippen LogP contribution is -2.21. The Balaban J connectivity index is 1.91. The zero-order valence-corrected chi connectivity index (χ0v) is 11.3. The van der Waals surface area contributed by atoms with Crippen molar-refractivity contribution < 1.29 is 5.11 Å². The second-order valence-electron chi connectivity index (χ2n) is 4.91. The van der Waals surface area contributed by atoms with Crippen LogP contribution in [-0.4, -0.2) is 34.8 Å². The van der Waals surface area contributed by atoms with Crippen LogP contribution in [0.1, 0.15) is 18.4 Å². The van der Waals surface area contributed by atoms with Crippen LogP contribution in [0.25, 0.3) is 10.2 Å². The summed E-state index contributed by atoms with van der Waals surface area (Å²) in [7, 11) is 0. The molecule has 2 aromatic rings. The van der Waals surface area contributed by atoms with Crippen molar-refractivity contribution in [2.45, 2.75) is 19.8 Å². The van der Waals surface area contributed by atoms with E-state index in [-0.39, 0.29) is 6.61 Å². The van der Waals surface area contributed by atoms with Crippen LogP contribution in [0.4, 0.5) is 5.82 Å². The fourth-order valence-electron chi connectivity index (χ4n) is 2.63. The highest BCUT2D eigenvalue weighted by atomic mass is 32.1. The largest absolute Gasteiger partial charge is 0.396 e. The third-order valence-electron chi connectivity index (χ3n) is 3.63. The van der Waals surface area contributed by atoms with Gasteiger partial charge in [0.1, 0.15) is 12.1 Å². The zero-order valence-electron chi connectivity index (χ0n) is 10.5. The van der Waals surface area contributed by atoms with E-state index in [2.05, 4.69) is 27.2 Å². The fraction of sp³-hybridized carbons (Fsp3) is 0.538. The Bertz CT molecular complexity index is 554. The minimum atomic E-state index is 0.288. The number of aryl methyl sites for hydroxylation is 1. The third kappa shape index (κ3) is 1.97. The first-order valence-corrected chi connectivity index (χ1v) is 7.22. The highest BCUT2D eigenvalue weighted by molar-refractivity contribution is 7.18. The van der Waals surface area contributed by atoms with E-state index in [1.165, 1.54) is 10.3 Å². The topological polar surface area (TPSA) is 49.2 Å². The zero-order chi connectivity index (χ0) is 12.5. The first-order chi connectivity index (χ1) is 8.79. The van der Waals surface area contributed by atoms with Crippen LogP contribution in [0.2, 0.25) is 0 Å². The Kier molecular flexibility index (Phi) is 3.18. The number of thiophene rings is 1. The van der Waals surface area contributed by atoms with Gasteiger partial charge < -0.3 is 10.0 Å². The maximum atomic E-state index is 9.02. The highest BCUT2D eigenvalue weighted by Gasteiger charge is 2.25. The average Bonchev–Trinajstić information content (AvgIpc) is 2.98. The average molecular weight is 263 g/mol. The van der Waals surface area contributed by atoms with Crippen molar-refractivity contribution >= 4 is 27.4 Å². The SMILES string of the molecule is Cc1csc2c(N3CCC(CCO)C3)ncnc12. The van der Waals surface area contributed by atoms with E-state index in [1.807, 2.05) is 0 Å². The van der Waals surface area contributed by atoms with Gasteiger partial charge in [0, 0.05) is 19.7 Å². The number of hydrogen-bond acceptors (Lipinski definition) is 5. The molecule has 0 aromatic carbocycles. The minimum absolute atomic E-state index is 0.288. The lowest BCUT2D eigenvalue weighted by molar-refractivity contribution is 0.263. The summed E-state index contributed by atoms with van der Waals surface area (Å²) in [5.41, 5.74) is 2.31. The molecule has 0 amide bonds. The molecule has 18 heavy (non-hydrogen) atoms. The molecule has 4 nitrogen and oxygen atoms in total. The monoisotopic (exact) mass is 263 g/mol. The van der Waals surface area contributed by atoms with Gasteiger partial charge in [-0.3, -0.25) is 0 Å². The van der Waals surface area contributed by atoms with Crippen molar-refractivity contribution in [3.05, 3.63) is 17.3 Å². The molecule has 96 valence electrons. The molecular weight excluding hydrogens is 246 g/mol. The normalized spacial score (nSPS) is 19.9. The van der Waals surface area contributed by atoms with Gasteiger partial charge in [-0.1, -0.05) is 0 Å². The molecule has 1 N–H and O–H groups in total. The first-order valence-electron chi connectivity index (χ1n) is 6.34. The van der Waals surface area contributed by atoms with Gasteiger partial charge in [-0.15, -0.1) is 11.3 Å². The van der Waals surface area contributed by atoms with E-state index in [1.54, 1.807) is 17.7 Å². The second-order valence-corrected chi connectivity index (χ2v) is 5.79. The molecule has 1 saturated heterocycles. The summed E-state index contributed by atoms with van der Waals surface area (Å²) in [5.74, 6) is 1.67. The smallest absolute Gasteiger partial charge is 0.150 e. The number of anilines is 1. The summed E-state index contributed by atoms with van der Waals surface area (Å²) in [5, 5.41) is 11.2. The summed E-state index contributed by atoms with van der Waals surface area (Å²) in [6.07, 6.45) is 3.71. The van der Waals surface area contributed by atoms with E-state index >= 15 is 0 Å². The van der Waals surface area contributed by atoms with Crippen LogP contribution >= 0.6 is 11.3 Å². The van der Waals surface area contributed by atoms with Gasteiger partial charge in [0.15, 0.2) is 0 Å². The van der Waals surface area contributed by atoms with Crippen LogP contribution in [-0.2, 0) is 0 Å². The molecular formula is C13H17N3OS. The highest BCUT2D eigenvalue weighted by Crippen LogP contribution is 2.33. The number of aliphatic hydroxyl groups is 1. The van der Waals surface area contributed by atoms with Gasteiger partial charge in [-0.05, 0) is 36.6 Å². The van der Waals surface area contributed by atoms with Crippen molar-refractivity contribution in [2.75, 3.05) is 24.6 Å². The van der Waals surface area contributed by atoms with Gasteiger partial charge in [0.2, 0.25) is 0 Å². The van der Waals surface area contributed by atoms with Crippen molar-refractivity contribution in [1.29, 1.82) is 0 Å². The van der Waals surface area contributed by atoms with Gasteiger partial charge >= 0.3 is 0 Å². The Morgan fingerprint density at radius 2 is 2.39 bits per heavy atom. The van der Waals surface area contributed by atoms with E-state index in [4.69, 9.17) is 5.11 Å². The van der Waals surface area contributed by atoms with Crippen LogP contribution < -0.4 is 4.90 Å². The summed E-state index contributed by atoms with van der Waals surface area (Å²) >= 11 is 1.73. The Labute approximate surface area is 110 Å². The number of nitrogens with zero attached hydrogens (tertiary/aromatic N) is 3. The molecule has 1 aliphatic rings. The molecule has 0 spiro atoms. The molecule has 1 unspecified atom stereocenters. The Hall–Kier alpha value is -1.20. The Morgan fingerprint density at radius 1 is 1.50 bits per heavy atom. The third-order valence-corrected chi connectivity index (χ3v) is 4.72. The van der Waals surface area contributed by atoms with Crippen LogP contribution in [0, 0.1) is 12.8 Å². The van der Waals surface area contributed by atoms with Crippen LogP contribution in [0.3, 0.4) is 0 Å². The summed E-state index contributed by atoms with van der Waals surface area (Å²) in [4.78, 5) is 11.2. The summed E-state index contributed by atoms with van der Waals surface area (Å²) in [6.45, 7) is 4.42. The standard InChI is InChI=1S/C13H17N3OS/c1-9-7-18-12-11(9)14-8-15-13(12)16-4-2-10(6-16)3-5-17/h7-8,10,17H,2-6H2,1H3. The van der Waals surface area contributed by atoms with Gasteiger partial charge in [0.05, 0.1) is 10.2 Å². The van der Waals surface area contributed by atoms with E-state index in [0.717, 1.165) is 37.3 Å². The lowest BCUT2D eigenvalue weighted by atomic mass is 10.1. The molecule has 1 fully saturated rings. The molecule has 0 saturated carbocycles. The maximum Gasteiger partial charge on any atom is 0.150 e. The molecule has 5 heteroatoms. The van der Waals surface area contributed by atoms with E-state index in [0.29, 0.717) is 5.92 Å². The van der Waals surface area contributed by atoms with Crippen LogP contribution in [0.5, 0.6) is 0 Å². The van der Waals surface area contributed by atoms with Gasteiger partial charge in [-0.2, -0.15) is 0 Å². The van der Waals surface area contributed by atoms with Gasteiger partial charge in [-0.25, -0.2) is 9.97 Å². The van der Waals surface area contributed by atoms with Crippen molar-refractivity contribution in [1.82, 2.24) is 9.97 Å². The minimum Gasteiger partial charge on any atom is -0.396 e. The van der Waals surface area contributed by atoms with Crippen molar-refractivity contribution in [2.24, 2.45) is 5.92 Å². The molecule has 1 atom stereocenters. The van der Waals surface area contributed by atoms with E-state index < -0.39 is 0 Å². The Morgan fingerprint density at radius 3 is 3.22 bits per heavy atom. The van der Waals surface area contributed by atoms with Crippen LogP contribution in [0.15, 0.2) is 11.7 Å². The first kappa shape index (κ1) is 11.9. The summed E-state index contributed by atoms with van der Waals surface area (Å²) < 4.78 is 1.19. The van der Waals surface area contributed by atoms with Gasteiger partial charge in [0.25, 0.3) is 0 Å². The predicted octanol–water partition coefficient (Wildman–Crippen LogP) is 2.21. The molecule has 0 aliphatic carbocycles. The molecule has 3 heterocycles. The molecule has 1 aliphatic heterocycles. The molecule has 0 radical (unpaired) electrons. The number of aromatic nitrogens is 2. The predicted molar refractivity (Wildman–Crippen MR) is 74.2 cm³/mol. The van der Waals surface area contributed by atoms with Crippen molar-refractivity contribution in [3.8, 4) is 0 Å². The van der Waals surface area contributed by atoms with Crippen molar-refractivity contribution in [3.63, 3.8) is 0 Å². The molecule has 2 aromatic heterocycles. The maximum absolute atomic E-state index is 9.02. The number of rotatable bonds is 3. The number of fused-ring (bicyclic) bond motifs is 1. The lowest BCUT2D eigenvalue weighted by Gasteiger charge is -2.17. The number of aliphatic hydroxyl groups excluding tert-OH is 1.